The highest BCUT2D eigenvalue weighted by atomic mass is 32.2. The van der Waals surface area contributed by atoms with Crippen molar-refractivity contribution in [2.24, 2.45) is 7.05 Å². The van der Waals surface area contributed by atoms with Gasteiger partial charge in [0.2, 0.25) is 0 Å². The molecule has 0 amide bonds. The molecule has 8 nitrogen and oxygen atoms in total. The average Bonchev–Trinajstić information content (AvgIpc) is 3.27. The van der Waals surface area contributed by atoms with Gasteiger partial charge < -0.3 is 9.55 Å². The Bertz CT molecular complexity index is 2030. The van der Waals surface area contributed by atoms with E-state index in [0.29, 0.717) is 38.8 Å². The fourth-order valence-electron chi connectivity index (χ4n) is 5.20. The van der Waals surface area contributed by atoms with Crippen LogP contribution in [0.2, 0.25) is 0 Å². The number of fused-ring (bicyclic) bond motifs is 2. The highest BCUT2D eigenvalue weighted by Gasteiger charge is 2.32. The molecule has 0 atom stereocenters. The van der Waals surface area contributed by atoms with Gasteiger partial charge in [-0.25, -0.2) is 16.8 Å². The maximum absolute atomic E-state index is 14.1. The van der Waals surface area contributed by atoms with Crippen LogP contribution in [0, 0.1) is 0 Å². The molecule has 0 fully saturated rings. The number of nitrogens with zero attached hydrogens (tertiary/aromatic N) is 2. The molecule has 1 aliphatic heterocycles. The fourth-order valence-corrected chi connectivity index (χ4v) is 7.45. The third kappa shape index (κ3) is 4.35. The van der Waals surface area contributed by atoms with Gasteiger partial charge in [0, 0.05) is 42.2 Å². The molecule has 0 radical (unpaired) electrons. The third-order valence-corrected chi connectivity index (χ3v) is 9.63. The lowest BCUT2D eigenvalue weighted by Gasteiger charge is -2.25. The molecule has 3 aromatic carbocycles. The summed E-state index contributed by atoms with van der Waals surface area (Å²) in [6, 6.07) is 21.4. The van der Waals surface area contributed by atoms with Crippen LogP contribution in [0.15, 0.2) is 94.9 Å². The minimum Gasteiger partial charge on any atom is -0.356 e. The van der Waals surface area contributed by atoms with Crippen LogP contribution in [-0.4, -0.2) is 32.6 Å². The number of hydrogen-bond acceptors (Lipinski definition) is 5. The highest BCUT2D eigenvalue weighted by molar-refractivity contribution is 7.92. The van der Waals surface area contributed by atoms with E-state index in [2.05, 4.69) is 4.98 Å². The molecule has 39 heavy (non-hydrogen) atoms. The summed E-state index contributed by atoms with van der Waals surface area (Å²) < 4.78 is 55.2. The Labute approximate surface area is 226 Å². The van der Waals surface area contributed by atoms with Crippen LogP contribution in [-0.2, 0) is 39.2 Å². The van der Waals surface area contributed by atoms with Gasteiger partial charge in [-0.15, -0.1) is 0 Å². The highest BCUT2D eigenvalue weighted by Crippen LogP contribution is 2.43. The SMILES string of the molecule is Cn1cc2c3c(c[nH]c3c1=O)CN(S(=O)(=O)c1ccc(-c3ccccc3)cc1)c1ccc(CS(C)(=O)=O)cc1-2. The molecule has 1 N–H and O–H groups in total. The molecule has 3 heterocycles. The number of aromatic nitrogens is 2. The summed E-state index contributed by atoms with van der Waals surface area (Å²) in [4.78, 5) is 16.0. The predicted octanol–water partition coefficient (Wildman–Crippen LogP) is 4.45. The molecule has 198 valence electrons. The van der Waals surface area contributed by atoms with Crippen LogP contribution in [0.5, 0.6) is 0 Å². The van der Waals surface area contributed by atoms with Crippen LogP contribution in [0.3, 0.4) is 0 Å². The number of pyridine rings is 1. The Morgan fingerprint density at radius 1 is 0.872 bits per heavy atom. The van der Waals surface area contributed by atoms with Crippen LogP contribution in [0.1, 0.15) is 11.1 Å². The smallest absolute Gasteiger partial charge is 0.274 e. The zero-order valence-electron chi connectivity index (χ0n) is 21.2. The second kappa shape index (κ2) is 8.96. The van der Waals surface area contributed by atoms with Gasteiger partial charge in [-0.05, 0) is 46.5 Å². The van der Waals surface area contributed by atoms with Gasteiger partial charge in [0.25, 0.3) is 15.6 Å². The summed E-state index contributed by atoms with van der Waals surface area (Å²) in [6.07, 6.45) is 4.50. The summed E-state index contributed by atoms with van der Waals surface area (Å²) in [5, 5.41) is 0.632. The zero-order chi connectivity index (χ0) is 27.5. The first-order chi connectivity index (χ1) is 18.5. The quantitative estimate of drug-likeness (QED) is 0.342. The van der Waals surface area contributed by atoms with Crippen molar-refractivity contribution in [3.05, 3.63) is 107 Å². The number of hydrogen-bond donors (Lipinski definition) is 1. The fraction of sp³-hybridized carbons (Fsp3) is 0.138. The standard InChI is InChI=1S/C29H25N3O5S2/c1-31-17-25-24-14-19(18-38(2,34)35)8-13-26(24)32(16-22-15-30-28(27(22)25)29(31)33)39(36,37)23-11-9-21(10-12-23)20-6-4-3-5-7-20/h3-15,17,30H,16,18H2,1-2H3. The largest absolute Gasteiger partial charge is 0.356 e. The lowest BCUT2D eigenvalue weighted by Crippen LogP contribution is -2.30. The molecule has 0 saturated carbocycles. The van der Waals surface area contributed by atoms with E-state index in [4.69, 9.17) is 0 Å². The summed E-state index contributed by atoms with van der Waals surface area (Å²) in [7, 11) is -5.74. The van der Waals surface area contributed by atoms with E-state index in [1.165, 1.54) is 8.87 Å². The van der Waals surface area contributed by atoms with Crippen molar-refractivity contribution >= 4 is 36.5 Å². The van der Waals surface area contributed by atoms with Crippen molar-refractivity contribution in [1.29, 1.82) is 0 Å². The second-order valence-corrected chi connectivity index (χ2v) is 13.8. The number of nitrogens with one attached hydrogen (secondary N) is 1. The van der Waals surface area contributed by atoms with Gasteiger partial charge in [-0.3, -0.25) is 9.10 Å². The molecule has 6 rings (SSSR count). The molecule has 10 heteroatoms. The number of aryl methyl sites for hydroxylation is 1. The molecule has 0 spiro atoms. The van der Waals surface area contributed by atoms with E-state index < -0.39 is 19.9 Å². The minimum absolute atomic E-state index is 0.00135. The number of aromatic amines is 1. The summed E-state index contributed by atoms with van der Waals surface area (Å²) >= 11 is 0. The molecule has 0 unspecified atom stereocenters. The molecule has 0 aliphatic carbocycles. The molecule has 2 aromatic heterocycles. The van der Waals surface area contributed by atoms with Crippen LogP contribution < -0.4 is 9.86 Å². The first kappa shape index (κ1) is 25.1. The first-order valence-corrected chi connectivity index (χ1v) is 15.7. The van der Waals surface area contributed by atoms with Crippen molar-refractivity contribution in [3.63, 3.8) is 0 Å². The van der Waals surface area contributed by atoms with Gasteiger partial charge >= 0.3 is 0 Å². The number of H-pyrrole nitrogens is 1. The van der Waals surface area contributed by atoms with Gasteiger partial charge in [-0.1, -0.05) is 48.5 Å². The Kier molecular flexibility index (Phi) is 5.78. The molecule has 1 aliphatic rings. The lowest BCUT2D eigenvalue weighted by atomic mass is 9.99. The number of sulfonamides is 1. The lowest BCUT2D eigenvalue weighted by molar-refractivity contribution is 0.590. The molecular weight excluding hydrogens is 534 g/mol. The normalized spacial score (nSPS) is 13.3. The number of anilines is 1. The van der Waals surface area contributed by atoms with Gasteiger partial charge in [0.15, 0.2) is 9.84 Å². The number of sulfone groups is 1. The van der Waals surface area contributed by atoms with Gasteiger partial charge in [0.05, 0.1) is 22.9 Å². The van der Waals surface area contributed by atoms with Crippen molar-refractivity contribution in [2.75, 3.05) is 10.6 Å². The monoisotopic (exact) mass is 559 g/mol. The van der Waals surface area contributed by atoms with E-state index in [1.54, 1.807) is 61.9 Å². The van der Waals surface area contributed by atoms with E-state index in [1.807, 2.05) is 30.3 Å². The van der Waals surface area contributed by atoms with E-state index in [9.17, 15) is 21.6 Å². The van der Waals surface area contributed by atoms with Gasteiger partial charge in [-0.2, -0.15) is 0 Å². The van der Waals surface area contributed by atoms with E-state index in [-0.39, 0.29) is 22.8 Å². The van der Waals surface area contributed by atoms with Crippen LogP contribution in [0.25, 0.3) is 33.2 Å². The molecule has 5 aromatic rings. The number of benzene rings is 3. The average molecular weight is 560 g/mol. The predicted molar refractivity (Wildman–Crippen MR) is 153 cm³/mol. The minimum atomic E-state index is -4.04. The molecule has 0 saturated heterocycles. The first-order valence-electron chi connectivity index (χ1n) is 12.2. The zero-order valence-corrected chi connectivity index (χ0v) is 22.9. The molecule has 0 bridgehead atoms. The van der Waals surface area contributed by atoms with Crippen molar-refractivity contribution < 1.29 is 16.8 Å². The maximum Gasteiger partial charge on any atom is 0.274 e. The maximum atomic E-state index is 14.1. The topological polar surface area (TPSA) is 109 Å². The summed E-state index contributed by atoms with van der Waals surface area (Å²) in [5.41, 5.74) is 4.81. The van der Waals surface area contributed by atoms with Crippen molar-refractivity contribution in [3.8, 4) is 22.3 Å². The van der Waals surface area contributed by atoms with Crippen LogP contribution in [0.4, 0.5) is 5.69 Å². The van der Waals surface area contributed by atoms with Crippen LogP contribution >= 0.6 is 0 Å². The Hall–Kier alpha value is -4.15. The Morgan fingerprint density at radius 2 is 1.56 bits per heavy atom. The Morgan fingerprint density at radius 3 is 2.26 bits per heavy atom. The number of rotatable bonds is 5. The summed E-state index contributed by atoms with van der Waals surface area (Å²) in [5.74, 6) is -0.192. The second-order valence-electron chi connectivity index (χ2n) is 9.85. The summed E-state index contributed by atoms with van der Waals surface area (Å²) in [6.45, 7) is 0.00135. The Balaban J connectivity index is 1.54. The van der Waals surface area contributed by atoms with E-state index in [0.717, 1.165) is 17.4 Å². The van der Waals surface area contributed by atoms with Crippen molar-refractivity contribution in [1.82, 2.24) is 9.55 Å². The third-order valence-electron chi connectivity index (χ3n) is 7.00. The molecular formula is C29H25N3O5S2. The van der Waals surface area contributed by atoms with E-state index >= 15 is 0 Å². The van der Waals surface area contributed by atoms with Crippen molar-refractivity contribution in [2.45, 2.75) is 17.2 Å². The van der Waals surface area contributed by atoms with Gasteiger partial charge in [0.1, 0.15) is 5.52 Å².